The van der Waals surface area contributed by atoms with Crippen molar-refractivity contribution in [3.05, 3.63) is 47.5 Å². The molecule has 2 heterocycles. The Hall–Kier alpha value is -1.67. The van der Waals surface area contributed by atoms with Gasteiger partial charge in [-0.15, -0.1) is 0 Å². The van der Waals surface area contributed by atoms with Gasteiger partial charge < -0.3 is 0 Å². The number of ketones is 1. The monoisotopic (exact) mass is 349 g/mol. The van der Waals surface area contributed by atoms with Gasteiger partial charge in [-0.1, -0.05) is 57.2 Å². The van der Waals surface area contributed by atoms with Crippen LogP contribution in [0.25, 0.3) is 10.8 Å². The van der Waals surface area contributed by atoms with Gasteiger partial charge in [0.2, 0.25) is 0 Å². The summed E-state index contributed by atoms with van der Waals surface area (Å²) in [7, 11) is 2.22. The van der Waals surface area contributed by atoms with Crippen molar-refractivity contribution in [1.82, 2.24) is 4.90 Å². The van der Waals surface area contributed by atoms with Gasteiger partial charge in [-0.05, 0) is 60.0 Å². The summed E-state index contributed by atoms with van der Waals surface area (Å²) in [5.41, 5.74) is 2.76. The van der Waals surface area contributed by atoms with E-state index >= 15 is 0 Å². The molecule has 0 unspecified atom stereocenters. The van der Waals surface area contributed by atoms with Crippen molar-refractivity contribution >= 4 is 16.6 Å². The number of nitrogens with zero attached hydrogens (tertiary/aromatic N) is 1. The van der Waals surface area contributed by atoms with E-state index in [4.69, 9.17) is 0 Å². The zero-order valence-corrected chi connectivity index (χ0v) is 16.5. The van der Waals surface area contributed by atoms with E-state index < -0.39 is 0 Å². The number of rotatable bonds is 4. The molecule has 0 spiro atoms. The highest BCUT2D eigenvalue weighted by Crippen LogP contribution is 2.47. The quantitative estimate of drug-likeness (QED) is 0.725. The largest absolute Gasteiger partial charge is 0.300 e. The molecule has 2 aromatic rings. The van der Waals surface area contributed by atoms with E-state index in [1.165, 1.54) is 34.7 Å². The summed E-state index contributed by atoms with van der Waals surface area (Å²) in [6.45, 7) is 6.50. The first kappa shape index (κ1) is 17.7. The second-order valence-electron chi connectivity index (χ2n) is 8.67. The molecule has 0 radical (unpaired) electrons. The molecule has 2 nitrogen and oxygen atoms in total. The maximum atomic E-state index is 12.8. The Labute approximate surface area is 157 Å². The lowest BCUT2D eigenvalue weighted by atomic mass is 9.73. The minimum Gasteiger partial charge on any atom is -0.300 e. The van der Waals surface area contributed by atoms with Gasteiger partial charge in [0.15, 0.2) is 0 Å². The molecule has 2 aliphatic heterocycles. The molecule has 0 saturated carbocycles. The van der Waals surface area contributed by atoms with Gasteiger partial charge in [0, 0.05) is 24.4 Å². The Morgan fingerprint density at radius 2 is 1.85 bits per heavy atom. The van der Waals surface area contributed by atoms with E-state index in [1.807, 2.05) is 6.92 Å². The molecular formula is C24H31NO. The number of hydrogen-bond donors (Lipinski definition) is 0. The van der Waals surface area contributed by atoms with Crippen molar-refractivity contribution in [2.45, 2.75) is 70.4 Å². The average molecular weight is 350 g/mol. The first-order valence-corrected chi connectivity index (χ1v) is 10.3. The second-order valence-corrected chi connectivity index (χ2v) is 8.67. The third-order valence-electron chi connectivity index (χ3n) is 6.97. The molecule has 2 heteroatoms. The Morgan fingerprint density at radius 1 is 1.12 bits per heavy atom. The number of Topliss-reactive ketones (excluding diaryl/α,β-unsaturated/α-hetero) is 1. The van der Waals surface area contributed by atoms with Crippen LogP contribution in [0.2, 0.25) is 0 Å². The van der Waals surface area contributed by atoms with Gasteiger partial charge in [-0.3, -0.25) is 9.69 Å². The summed E-state index contributed by atoms with van der Waals surface area (Å²) in [4.78, 5) is 15.3. The summed E-state index contributed by atoms with van der Waals surface area (Å²) in [5.74, 6) is 1.54. The van der Waals surface area contributed by atoms with Crippen LogP contribution in [0.3, 0.4) is 0 Å². The number of carbonyl (C=O) groups excluding carboxylic acids is 1. The minimum atomic E-state index is 0.163. The van der Waals surface area contributed by atoms with Gasteiger partial charge in [-0.2, -0.15) is 0 Å². The first-order valence-electron chi connectivity index (χ1n) is 10.3. The van der Waals surface area contributed by atoms with Gasteiger partial charge in [-0.25, -0.2) is 0 Å². The van der Waals surface area contributed by atoms with Crippen molar-refractivity contribution in [3.63, 3.8) is 0 Å². The van der Waals surface area contributed by atoms with Crippen molar-refractivity contribution in [1.29, 1.82) is 0 Å². The Kier molecular flexibility index (Phi) is 4.64. The number of benzene rings is 2. The molecule has 0 amide bonds. The van der Waals surface area contributed by atoms with Gasteiger partial charge in [0.05, 0.1) is 0 Å². The number of piperidine rings is 1. The van der Waals surface area contributed by atoms with Crippen LogP contribution in [0.15, 0.2) is 36.4 Å². The van der Waals surface area contributed by atoms with E-state index in [1.54, 1.807) is 0 Å². The number of carbonyl (C=O) groups is 1. The van der Waals surface area contributed by atoms with Crippen molar-refractivity contribution in [3.8, 4) is 0 Å². The summed E-state index contributed by atoms with van der Waals surface area (Å²) in [6.07, 6.45) is 4.20. The molecule has 138 valence electrons. The average Bonchev–Trinajstić information content (AvgIpc) is 2.89. The van der Waals surface area contributed by atoms with Gasteiger partial charge >= 0.3 is 0 Å². The molecule has 2 aliphatic rings. The van der Waals surface area contributed by atoms with E-state index in [0.29, 0.717) is 36.1 Å². The molecular weight excluding hydrogens is 318 g/mol. The van der Waals surface area contributed by atoms with Crippen LogP contribution in [0, 0.1) is 5.92 Å². The third-order valence-corrected chi connectivity index (χ3v) is 6.97. The molecule has 4 rings (SSSR count). The molecule has 0 aromatic heterocycles. The van der Waals surface area contributed by atoms with Crippen molar-refractivity contribution in [2.24, 2.45) is 5.92 Å². The lowest BCUT2D eigenvalue weighted by Gasteiger charge is -2.42. The van der Waals surface area contributed by atoms with Crippen LogP contribution in [0.4, 0.5) is 0 Å². The van der Waals surface area contributed by atoms with Crippen molar-refractivity contribution in [2.75, 3.05) is 7.05 Å². The van der Waals surface area contributed by atoms with E-state index in [-0.39, 0.29) is 5.92 Å². The van der Waals surface area contributed by atoms with Crippen LogP contribution in [-0.2, 0) is 4.79 Å². The zero-order chi connectivity index (χ0) is 18.4. The molecule has 2 bridgehead atoms. The summed E-state index contributed by atoms with van der Waals surface area (Å²) in [5, 5.41) is 2.62. The van der Waals surface area contributed by atoms with Crippen molar-refractivity contribution < 1.29 is 4.79 Å². The molecule has 2 saturated heterocycles. The lowest BCUT2D eigenvalue weighted by molar-refractivity contribution is -0.126. The summed E-state index contributed by atoms with van der Waals surface area (Å²) in [6, 6.07) is 14.8. The molecule has 2 fully saturated rings. The predicted octanol–water partition coefficient (Wildman–Crippen LogP) is 5.51. The van der Waals surface area contributed by atoms with Crippen LogP contribution in [-0.4, -0.2) is 29.8 Å². The fraction of sp³-hybridized carbons (Fsp3) is 0.542. The SMILES string of the molecule is CCC(=O)[C@H]1[C@@H](c2ccc3cc(C(C)C)ccc3c2)C[C@@H]2CC[C@H]1N2C. The van der Waals surface area contributed by atoms with Crippen LogP contribution in [0.5, 0.6) is 0 Å². The highest BCUT2D eigenvalue weighted by molar-refractivity contribution is 5.85. The van der Waals surface area contributed by atoms with E-state index in [0.717, 1.165) is 6.42 Å². The summed E-state index contributed by atoms with van der Waals surface area (Å²) >= 11 is 0. The minimum absolute atomic E-state index is 0.163. The van der Waals surface area contributed by atoms with Crippen LogP contribution in [0.1, 0.15) is 69.4 Å². The molecule has 0 N–H and O–H groups in total. The Morgan fingerprint density at radius 3 is 2.58 bits per heavy atom. The molecule has 2 aromatic carbocycles. The molecule has 26 heavy (non-hydrogen) atoms. The maximum absolute atomic E-state index is 12.8. The number of fused-ring (bicyclic) bond motifs is 3. The fourth-order valence-electron chi connectivity index (χ4n) is 5.36. The van der Waals surface area contributed by atoms with Gasteiger partial charge in [0.25, 0.3) is 0 Å². The Bertz CT molecular complexity index is 824. The smallest absolute Gasteiger partial charge is 0.137 e. The van der Waals surface area contributed by atoms with E-state index in [2.05, 4.69) is 62.2 Å². The standard InChI is InChI=1S/C24H31NO/c1-5-23(26)24-21(14-20-10-11-22(24)25(20)4)19-9-8-17-12-16(15(2)3)6-7-18(17)13-19/h6-9,12-13,15,20-22,24H,5,10-11,14H2,1-4H3/t20-,21+,22+,24-/m0/s1. The third kappa shape index (κ3) is 2.89. The zero-order valence-electron chi connectivity index (χ0n) is 16.5. The fourth-order valence-corrected chi connectivity index (χ4v) is 5.36. The van der Waals surface area contributed by atoms with Gasteiger partial charge in [0.1, 0.15) is 5.78 Å². The van der Waals surface area contributed by atoms with Crippen LogP contribution < -0.4 is 0 Å². The normalized spacial score (nSPS) is 28.8. The predicted molar refractivity (Wildman–Crippen MR) is 109 cm³/mol. The van der Waals surface area contributed by atoms with E-state index in [9.17, 15) is 4.79 Å². The lowest BCUT2D eigenvalue weighted by Crippen LogP contribution is -2.48. The highest BCUT2D eigenvalue weighted by atomic mass is 16.1. The highest BCUT2D eigenvalue weighted by Gasteiger charge is 2.48. The number of hydrogen-bond acceptors (Lipinski definition) is 2. The second kappa shape index (κ2) is 6.81. The first-order chi connectivity index (χ1) is 12.5. The molecule has 0 aliphatic carbocycles. The Balaban J connectivity index is 1.73. The van der Waals surface area contributed by atoms with Crippen LogP contribution >= 0.6 is 0 Å². The maximum Gasteiger partial charge on any atom is 0.137 e. The molecule has 4 atom stereocenters. The summed E-state index contributed by atoms with van der Waals surface area (Å²) < 4.78 is 0. The topological polar surface area (TPSA) is 20.3 Å².